The van der Waals surface area contributed by atoms with Gasteiger partial charge >= 0.3 is 6.87 Å². The van der Waals surface area contributed by atoms with Crippen LogP contribution in [0.3, 0.4) is 0 Å². The molecule has 1 unspecified atom stereocenters. The average molecular weight is 200 g/mol. The molecule has 1 atom stereocenters. The molecule has 0 radical (unpaired) electrons. The van der Waals surface area contributed by atoms with E-state index in [1.54, 1.807) is 6.92 Å². The van der Waals surface area contributed by atoms with E-state index in [1.165, 1.54) is 0 Å². The van der Waals surface area contributed by atoms with Gasteiger partial charge in [-0.1, -0.05) is 13.3 Å². The Morgan fingerprint density at radius 1 is 1.55 bits per heavy atom. The SMILES string of the molecule is CCCCNP(=O)(Cl)OCC. The molecule has 0 aromatic carbocycles. The zero-order chi connectivity index (χ0) is 8.74. The van der Waals surface area contributed by atoms with Gasteiger partial charge in [0.05, 0.1) is 6.61 Å². The molecule has 11 heavy (non-hydrogen) atoms. The molecule has 0 saturated carbocycles. The Bertz CT molecular complexity index is 143. The molecule has 0 aliphatic heterocycles. The fourth-order valence-electron chi connectivity index (χ4n) is 0.601. The van der Waals surface area contributed by atoms with Gasteiger partial charge in [0, 0.05) is 6.54 Å². The Kier molecular flexibility index (Phi) is 6.25. The smallest absolute Gasteiger partial charge is 0.307 e. The van der Waals surface area contributed by atoms with Crippen LogP contribution in [-0.4, -0.2) is 13.2 Å². The molecular weight excluding hydrogens is 184 g/mol. The first-order valence-corrected chi connectivity index (χ1v) is 6.34. The van der Waals surface area contributed by atoms with Gasteiger partial charge in [-0.2, -0.15) is 0 Å². The van der Waals surface area contributed by atoms with E-state index in [0.29, 0.717) is 13.2 Å². The van der Waals surface area contributed by atoms with E-state index in [1.807, 2.05) is 0 Å². The predicted molar refractivity (Wildman–Crippen MR) is 48.0 cm³/mol. The number of hydrogen-bond donors (Lipinski definition) is 1. The maximum absolute atomic E-state index is 11.1. The fraction of sp³-hybridized carbons (Fsp3) is 1.00. The minimum Gasteiger partial charge on any atom is -0.307 e. The van der Waals surface area contributed by atoms with Gasteiger partial charge in [-0.3, -0.25) is 4.57 Å². The molecule has 0 aliphatic carbocycles. The Balaban J connectivity index is 3.47. The average Bonchev–Trinajstić information content (AvgIpc) is 1.87. The standard InChI is InChI=1S/C6H15ClNO2P/c1-3-5-6-8-11(7,9)10-4-2/h3-6H2,1-2H3,(H,8,9). The number of unbranched alkanes of at least 4 members (excludes halogenated alkanes) is 1. The van der Waals surface area contributed by atoms with E-state index in [0.717, 1.165) is 12.8 Å². The van der Waals surface area contributed by atoms with Crippen LogP contribution in [0.1, 0.15) is 26.7 Å². The Morgan fingerprint density at radius 3 is 2.64 bits per heavy atom. The van der Waals surface area contributed by atoms with Gasteiger partial charge < -0.3 is 4.52 Å². The summed E-state index contributed by atoms with van der Waals surface area (Å²) in [6, 6.07) is 0. The monoisotopic (exact) mass is 199 g/mol. The second-order valence-electron chi connectivity index (χ2n) is 2.16. The van der Waals surface area contributed by atoms with Crippen LogP contribution in [0.15, 0.2) is 0 Å². The van der Waals surface area contributed by atoms with Crippen LogP contribution in [0.5, 0.6) is 0 Å². The first kappa shape index (κ1) is 11.4. The summed E-state index contributed by atoms with van der Waals surface area (Å²) < 4.78 is 15.9. The van der Waals surface area contributed by atoms with Crippen molar-refractivity contribution in [3.05, 3.63) is 0 Å². The first-order chi connectivity index (χ1) is 5.12. The summed E-state index contributed by atoms with van der Waals surface area (Å²) >= 11 is 5.49. The van der Waals surface area contributed by atoms with Crippen molar-refractivity contribution in [2.45, 2.75) is 26.7 Å². The largest absolute Gasteiger partial charge is 0.360 e. The number of nitrogens with one attached hydrogen (secondary N) is 1. The lowest BCUT2D eigenvalue weighted by atomic mass is 10.3. The van der Waals surface area contributed by atoms with Crippen molar-refractivity contribution in [3.63, 3.8) is 0 Å². The molecular formula is C6H15ClNO2P. The third kappa shape index (κ3) is 6.82. The van der Waals surface area contributed by atoms with Crippen LogP contribution >= 0.6 is 18.1 Å². The highest BCUT2D eigenvalue weighted by molar-refractivity contribution is 7.83. The second kappa shape index (κ2) is 6.01. The number of rotatable bonds is 6. The summed E-state index contributed by atoms with van der Waals surface area (Å²) in [6.45, 7) is 1.84. The third-order valence-electron chi connectivity index (χ3n) is 1.13. The molecule has 0 spiro atoms. The maximum atomic E-state index is 11.1. The van der Waals surface area contributed by atoms with Gasteiger partial charge in [0.15, 0.2) is 0 Å². The van der Waals surface area contributed by atoms with Gasteiger partial charge in [-0.15, -0.1) is 0 Å². The lowest BCUT2D eigenvalue weighted by Crippen LogP contribution is -2.10. The summed E-state index contributed by atoms with van der Waals surface area (Å²) in [7, 11) is 0. The fourth-order valence-corrected chi connectivity index (χ4v) is 2.00. The van der Waals surface area contributed by atoms with Crippen molar-refractivity contribution < 1.29 is 9.09 Å². The molecule has 0 fully saturated rings. The minimum atomic E-state index is -3.00. The van der Waals surface area contributed by atoms with E-state index in [4.69, 9.17) is 15.8 Å². The van der Waals surface area contributed by atoms with Crippen molar-refractivity contribution in [1.82, 2.24) is 5.09 Å². The van der Waals surface area contributed by atoms with E-state index >= 15 is 0 Å². The van der Waals surface area contributed by atoms with E-state index in [2.05, 4.69) is 12.0 Å². The predicted octanol–water partition coefficient (Wildman–Crippen LogP) is 2.76. The van der Waals surface area contributed by atoms with Crippen LogP contribution in [-0.2, 0) is 9.09 Å². The molecule has 0 aliphatic rings. The highest BCUT2D eigenvalue weighted by atomic mass is 35.7. The lowest BCUT2D eigenvalue weighted by molar-refractivity contribution is 0.337. The summed E-state index contributed by atoms with van der Waals surface area (Å²) in [5, 5.41) is 2.66. The lowest BCUT2D eigenvalue weighted by Gasteiger charge is -2.10. The molecule has 0 bridgehead atoms. The van der Waals surface area contributed by atoms with E-state index in [9.17, 15) is 4.57 Å². The van der Waals surface area contributed by atoms with Crippen LogP contribution in [0.2, 0.25) is 0 Å². The molecule has 5 heteroatoms. The van der Waals surface area contributed by atoms with Crippen molar-refractivity contribution in [1.29, 1.82) is 0 Å². The van der Waals surface area contributed by atoms with Crippen LogP contribution in [0, 0.1) is 0 Å². The van der Waals surface area contributed by atoms with Crippen molar-refractivity contribution in [3.8, 4) is 0 Å². The quantitative estimate of drug-likeness (QED) is 0.528. The highest BCUT2D eigenvalue weighted by Gasteiger charge is 2.15. The molecule has 0 rings (SSSR count). The Morgan fingerprint density at radius 2 is 2.18 bits per heavy atom. The Labute approximate surface area is 72.8 Å². The molecule has 0 heterocycles. The normalized spacial score (nSPS) is 16.3. The number of hydrogen-bond acceptors (Lipinski definition) is 2. The summed E-state index contributed by atoms with van der Waals surface area (Å²) in [6.07, 6.45) is 2.01. The van der Waals surface area contributed by atoms with E-state index in [-0.39, 0.29) is 0 Å². The van der Waals surface area contributed by atoms with Gasteiger partial charge in [0.1, 0.15) is 0 Å². The topological polar surface area (TPSA) is 38.3 Å². The Hall–Kier alpha value is 0.440. The van der Waals surface area contributed by atoms with Gasteiger partial charge in [-0.05, 0) is 24.6 Å². The van der Waals surface area contributed by atoms with Crippen LogP contribution in [0.4, 0.5) is 0 Å². The molecule has 3 nitrogen and oxygen atoms in total. The molecule has 0 aromatic rings. The molecule has 0 amide bonds. The van der Waals surface area contributed by atoms with Crippen LogP contribution in [0.25, 0.3) is 0 Å². The third-order valence-corrected chi connectivity index (χ3v) is 2.97. The summed E-state index contributed by atoms with van der Waals surface area (Å²) in [5.74, 6) is 0. The summed E-state index contributed by atoms with van der Waals surface area (Å²) in [4.78, 5) is 0. The molecule has 68 valence electrons. The highest BCUT2D eigenvalue weighted by Crippen LogP contribution is 2.47. The maximum Gasteiger partial charge on any atom is 0.360 e. The van der Waals surface area contributed by atoms with Gasteiger partial charge in [0.2, 0.25) is 0 Å². The first-order valence-electron chi connectivity index (χ1n) is 3.81. The summed E-state index contributed by atoms with van der Waals surface area (Å²) in [5.41, 5.74) is 0. The van der Waals surface area contributed by atoms with E-state index < -0.39 is 6.87 Å². The minimum absolute atomic E-state index is 0.375. The van der Waals surface area contributed by atoms with Gasteiger partial charge in [-0.25, -0.2) is 5.09 Å². The number of halogens is 1. The van der Waals surface area contributed by atoms with Crippen molar-refractivity contribution in [2.24, 2.45) is 0 Å². The van der Waals surface area contributed by atoms with Gasteiger partial charge in [0.25, 0.3) is 0 Å². The molecule has 1 N–H and O–H groups in total. The molecule has 0 saturated heterocycles. The second-order valence-corrected chi connectivity index (χ2v) is 5.03. The zero-order valence-electron chi connectivity index (χ0n) is 6.97. The van der Waals surface area contributed by atoms with Crippen molar-refractivity contribution in [2.75, 3.05) is 13.2 Å². The van der Waals surface area contributed by atoms with Crippen LogP contribution < -0.4 is 5.09 Å². The zero-order valence-corrected chi connectivity index (χ0v) is 8.62. The molecule has 0 aromatic heterocycles. The van der Waals surface area contributed by atoms with Crippen molar-refractivity contribution >= 4 is 18.1 Å².